The number of ether oxygens (including phenoxy) is 1. The van der Waals surface area contributed by atoms with E-state index in [4.69, 9.17) is 39.7 Å². The van der Waals surface area contributed by atoms with Crippen LogP contribution in [0.25, 0.3) is 11.1 Å². The second kappa shape index (κ2) is 9.90. The molecule has 1 aliphatic heterocycles. The van der Waals surface area contributed by atoms with Gasteiger partial charge in [0.15, 0.2) is 0 Å². The lowest BCUT2D eigenvalue weighted by molar-refractivity contribution is 0.314. The number of hydrogen-bond acceptors (Lipinski definition) is 5. The van der Waals surface area contributed by atoms with E-state index >= 15 is 0 Å². The summed E-state index contributed by atoms with van der Waals surface area (Å²) < 4.78 is 7.56. The maximum absolute atomic E-state index is 6.33. The summed E-state index contributed by atoms with van der Waals surface area (Å²) in [6.07, 6.45) is 6.93. The summed E-state index contributed by atoms with van der Waals surface area (Å²) in [7, 11) is 0. The number of hydrogen-bond donors (Lipinski definition) is 1. The Morgan fingerprint density at radius 2 is 1.76 bits per heavy atom. The minimum atomic E-state index is 0.515. The molecule has 2 aromatic carbocycles. The third-order valence-electron chi connectivity index (χ3n) is 5.00. The third-order valence-corrected chi connectivity index (χ3v) is 6.79. The van der Waals surface area contributed by atoms with E-state index in [0.717, 1.165) is 44.0 Å². The van der Waals surface area contributed by atoms with Crippen LogP contribution in [0.3, 0.4) is 0 Å². The molecule has 0 bridgehead atoms. The Morgan fingerprint density at radius 1 is 1.03 bits per heavy atom. The molecule has 1 aliphatic rings. The first-order valence-corrected chi connectivity index (χ1v) is 12.0. The number of hydrazine groups is 1. The fourth-order valence-corrected chi connectivity index (χ4v) is 5.37. The average Bonchev–Trinajstić information content (AvgIpc) is 2.71. The van der Waals surface area contributed by atoms with Gasteiger partial charge in [-0.1, -0.05) is 35.0 Å². The van der Waals surface area contributed by atoms with Crippen molar-refractivity contribution in [3.63, 3.8) is 0 Å². The van der Waals surface area contributed by atoms with Crippen molar-refractivity contribution in [2.24, 2.45) is 0 Å². The zero-order chi connectivity index (χ0) is 23.7. The molecule has 2 heterocycles. The monoisotopic (exact) mass is 516 g/mol. The van der Waals surface area contributed by atoms with Crippen molar-refractivity contribution in [3.05, 3.63) is 93.1 Å². The molecule has 1 radical (unpaired) electrons. The van der Waals surface area contributed by atoms with Gasteiger partial charge in [0.2, 0.25) is 5.88 Å². The van der Waals surface area contributed by atoms with Gasteiger partial charge in [0.25, 0.3) is 0 Å². The average molecular weight is 518 g/mol. The minimum Gasteiger partial charge on any atom is -0.439 e. The van der Waals surface area contributed by atoms with Crippen molar-refractivity contribution in [3.8, 4) is 16.9 Å². The summed E-state index contributed by atoms with van der Waals surface area (Å²) in [6.45, 7) is 8.23. The maximum atomic E-state index is 6.33. The first kappa shape index (κ1) is 23.8. The topological polar surface area (TPSA) is 37.4 Å². The van der Waals surface area contributed by atoms with Gasteiger partial charge < -0.3 is 4.74 Å². The predicted molar refractivity (Wildman–Crippen MR) is 137 cm³/mol. The van der Waals surface area contributed by atoms with Gasteiger partial charge in [0.1, 0.15) is 10.8 Å². The molecule has 33 heavy (non-hydrogen) atoms. The molecule has 0 atom stereocenters. The number of aromatic nitrogens is 1. The number of rotatable bonds is 5. The Bertz CT molecular complexity index is 1270. The van der Waals surface area contributed by atoms with Gasteiger partial charge in [0.05, 0.1) is 10.0 Å². The molecule has 0 spiro atoms. The smallest absolute Gasteiger partial charge is 0.213 e. The number of benzene rings is 2. The van der Waals surface area contributed by atoms with Gasteiger partial charge in [-0.15, -0.1) is 0 Å². The largest absolute Gasteiger partial charge is 0.439 e. The second-order valence-corrected chi connectivity index (χ2v) is 9.96. The van der Waals surface area contributed by atoms with Gasteiger partial charge in [0, 0.05) is 40.7 Å². The summed E-state index contributed by atoms with van der Waals surface area (Å²) in [5.74, 6) is 1.27. The van der Waals surface area contributed by atoms with Crippen molar-refractivity contribution < 1.29 is 4.74 Å². The minimum absolute atomic E-state index is 0.515. The summed E-state index contributed by atoms with van der Waals surface area (Å²) in [5, 5.41) is 1.76. The number of pyridine rings is 1. The van der Waals surface area contributed by atoms with Crippen LogP contribution in [0.4, 0.5) is 0 Å². The molecule has 0 saturated heterocycles. The van der Waals surface area contributed by atoms with Gasteiger partial charge >= 0.3 is 0 Å². The van der Waals surface area contributed by atoms with E-state index in [1.807, 2.05) is 32.1 Å². The fraction of sp³-hybridized carbons (Fsp3) is 0.160. The standard InChI is InChI=1S/C25H21Cl3N3OS/c1-14-8-15(2)24(21(9-14)32-22-6-5-7-31(28)30-22)23-16(3)10-19(11-17(23)4)33-25-20(27)12-18(26)13-29-25/h5-7,9-13,30H,1-4H3. The lowest BCUT2D eigenvalue weighted by atomic mass is 9.91. The highest BCUT2D eigenvalue weighted by Crippen LogP contribution is 2.42. The Balaban J connectivity index is 1.74. The fourth-order valence-electron chi connectivity index (χ4n) is 3.77. The number of nitrogens with zero attached hydrogens (tertiary/aromatic N) is 2. The predicted octanol–water partition coefficient (Wildman–Crippen LogP) is 7.95. The maximum Gasteiger partial charge on any atom is 0.213 e. The lowest BCUT2D eigenvalue weighted by Crippen LogP contribution is -2.29. The summed E-state index contributed by atoms with van der Waals surface area (Å²) in [4.78, 5) is 5.41. The molecular weight excluding hydrogens is 497 g/mol. The molecule has 1 aromatic heterocycles. The zero-order valence-electron chi connectivity index (χ0n) is 18.5. The third kappa shape index (κ3) is 5.44. The van der Waals surface area contributed by atoms with Crippen molar-refractivity contribution in [2.45, 2.75) is 37.6 Å². The van der Waals surface area contributed by atoms with Gasteiger partial charge in [-0.2, -0.15) is 0 Å². The molecule has 0 amide bonds. The van der Waals surface area contributed by atoms with Crippen LogP contribution in [-0.2, 0) is 0 Å². The molecule has 4 nitrogen and oxygen atoms in total. The molecule has 4 rings (SSSR count). The highest BCUT2D eigenvalue weighted by molar-refractivity contribution is 7.99. The van der Waals surface area contributed by atoms with E-state index in [2.05, 4.69) is 42.5 Å². The molecule has 0 saturated carbocycles. The first-order chi connectivity index (χ1) is 15.7. The Kier molecular flexibility index (Phi) is 7.15. The van der Waals surface area contributed by atoms with E-state index in [9.17, 15) is 0 Å². The van der Waals surface area contributed by atoms with Crippen molar-refractivity contribution in [1.82, 2.24) is 14.9 Å². The van der Waals surface area contributed by atoms with E-state index in [1.54, 1.807) is 18.5 Å². The Morgan fingerprint density at radius 3 is 2.42 bits per heavy atom. The molecule has 1 N–H and O–H groups in total. The number of allylic oxidation sites excluding steroid dienone is 2. The SMILES string of the molecule is Cc1[c]c(C)c(-c2c(C)cc(Sc3ncc(Cl)cc3Cl)cc2C)c(OC2=CC=CN(Cl)N2)c1. The van der Waals surface area contributed by atoms with E-state index < -0.39 is 0 Å². The Labute approximate surface area is 213 Å². The van der Waals surface area contributed by atoms with Crippen LogP contribution in [0.15, 0.2) is 64.6 Å². The van der Waals surface area contributed by atoms with Crippen LogP contribution >= 0.6 is 46.7 Å². The number of aryl methyl sites for hydroxylation is 4. The number of halogens is 3. The molecule has 0 fully saturated rings. The summed E-state index contributed by atoms with van der Waals surface area (Å²) in [5.41, 5.74) is 9.28. The molecule has 8 heteroatoms. The van der Waals surface area contributed by atoms with Crippen LogP contribution < -0.4 is 10.2 Å². The van der Waals surface area contributed by atoms with Crippen LogP contribution in [0, 0.1) is 33.8 Å². The van der Waals surface area contributed by atoms with Crippen molar-refractivity contribution in [2.75, 3.05) is 0 Å². The summed E-state index contributed by atoms with van der Waals surface area (Å²) in [6, 6.07) is 11.4. The van der Waals surface area contributed by atoms with E-state index in [-0.39, 0.29) is 0 Å². The molecular formula is C25H21Cl3N3OS. The quantitative estimate of drug-likeness (QED) is 0.348. The van der Waals surface area contributed by atoms with Crippen LogP contribution in [0.1, 0.15) is 22.3 Å². The lowest BCUT2D eigenvalue weighted by Gasteiger charge is -2.23. The Hall–Kier alpha value is -2.31. The first-order valence-electron chi connectivity index (χ1n) is 10.1. The highest BCUT2D eigenvalue weighted by Gasteiger charge is 2.19. The highest BCUT2D eigenvalue weighted by atomic mass is 35.5. The molecule has 169 valence electrons. The van der Waals surface area contributed by atoms with E-state index in [1.165, 1.54) is 16.3 Å². The second-order valence-electron chi connectivity index (χ2n) is 7.69. The summed E-state index contributed by atoms with van der Waals surface area (Å²) >= 11 is 19.9. The van der Waals surface area contributed by atoms with Crippen LogP contribution in [0.2, 0.25) is 10.0 Å². The van der Waals surface area contributed by atoms with Gasteiger partial charge in [-0.05, 0) is 91.9 Å². The van der Waals surface area contributed by atoms with Gasteiger partial charge in [-0.25, -0.2) is 9.51 Å². The molecule has 3 aromatic rings. The van der Waals surface area contributed by atoms with Crippen molar-refractivity contribution >= 4 is 46.7 Å². The normalized spacial score (nSPS) is 13.1. The zero-order valence-corrected chi connectivity index (χ0v) is 21.5. The van der Waals surface area contributed by atoms with E-state index in [0.29, 0.717) is 21.0 Å². The van der Waals surface area contributed by atoms with Crippen molar-refractivity contribution in [1.29, 1.82) is 0 Å². The number of nitrogens with one attached hydrogen (secondary N) is 1. The van der Waals surface area contributed by atoms with Crippen LogP contribution in [0.5, 0.6) is 5.75 Å². The van der Waals surface area contributed by atoms with Gasteiger partial charge in [-0.3, -0.25) is 5.43 Å². The molecule has 0 aliphatic carbocycles. The van der Waals surface area contributed by atoms with Crippen LogP contribution in [-0.4, -0.2) is 9.51 Å². The molecule has 0 unspecified atom stereocenters.